The van der Waals surface area contributed by atoms with E-state index in [1.54, 1.807) is 18.6 Å². The summed E-state index contributed by atoms with van der Waals surface area (Å²) in [5.74, 6) is -0.0898. The molecule has 0 saturated carbocycles. The number of hydrogen-bond donors (Lipinski definition) is 2. The van der Waals surface area contributed by atoms with E-state index in [-0.39, 0.29) is 12.6 Å². The van der Waals surface area contributed by atoms with Crippen molar-refractivity contribution in [2.45, 2.75) is 32.7 Å². The van der Waals surface area contributed by atoms with Crippen LogP contribution in [-0.2, 0) is 4.79 Å². The van der Waals surface area contributed by atoms with Crippen molar-refractivity contribution in [2.24, 2.45) is 0 Å². The third-order valence-electron chi connectivity index (χ3n) is 4.47. The molecule has 0 aliphatic carbocycles. The van der Waals surface area contributed by atoms with Crippen LogP contribution in [0.4, 0.5) is 11.5 Å². The lowest BCUT2D eigenvalue weighted by molar-refractivity contribution is -0.138. The summed E-state index contributed by atoms with van der Waals surface area (Å²) in [6, 6.07) is 0.288. The SMILES string of the molecule is CC.O=C(O)CN1CCC(n2cc(Nc3nccn4ccnc34)cn2)CC1. The van der Waals surface area contributed by atoms with Crippen molar-refractivity contribution < 1.29 is 9.90 Å². The van der Waals surface area contributed by atoms with Gasteiger partial charge in [-0.1, -0.05) is 13.8 Å². The second-order valence-corrected chi connectivity index (χ2v) is 6.17. The van der Waals surface area contributed by atoms with E-state index in [1.165, 1.54) is 0 Å². The first-order chi connectivity index (χ1) is 13.2. The van der Waals surface area contributed by atoms with E-state index in [4.69, 9.17) is 5.11 Å². The molecule has 27 heavy (non-hydrogen) atoms. The molecule has 0 atom stereocenters. The topological polar surface area (TPSA) is 101 Å². The van der Waals surface area contributed by atoms with E-state index in [0.717, 1.165) is 37.3 Å². The van der Waals surface area contributed by atoms with E-state index in [9.17, 15) is 4.79 Å². The summed E-state index contributed by atoms with van der Waals surface area (Å²) in [5, 5.41) is 16.6. The van der Waals surface area contributed by atoms with Gasteiger partial charge in [-0.2, -0.15) is 5.10 Å². The maximum Gasteiger partial charge on any atom is 0.317 e. The first-order valence-corrected chi connectivity index (χ1v) is 9.22. The van der Waals surface area contributed by atoms with Gasteiger partial charge in [-0.05, 0) is 12.8 Å². The Morgan fingerprint density at radius 2 is 1.93 bits per heavy atom. The molecule has 1 saturated heterocycles. The molecule has 144 valence electrons. The lowest BCUT2D eigenvalue weighted by Gasteiger charge is -2.30. The van der Waals surface area contributed by atoms with Crippen LogP contribution in [-0.4, -0.2) is 59.8 Å². The molecule has 9 heteroatoms. The number of fused-ring (bicyclic) bond motifs is 1. The van der Waals surface area contributed by atoms with Crippen LogP contribution in [0, 0.1) is 0 Å². The molecular formula is C18H25N7O2. The van der Waals surface area contributed by atoms with Gasteiger partial charge in [0.05, 0.1) is 24.5 Å². The van der Waals surface area contributed by atoms with Crippen LogP contribution in [0.2, 0.25) is 0 Å². The second kappa shape index (κ2) is 8.63. The van der Waals surface area contributed by atoms with Gasteiger partial charge in [0, 0.05) is 44.1 Å². The molecular weight excluding hydrogens is 346 g/mol. The molecule has 1 aliphatic heterocycles. The molecule has 1 fully saturated rings. The van der Waals surface area contributed by atoms with Gasteiger partial charge in [-0.3, -0.25) is 14.4 Å². The third-order valence-corrected chi connectivity index (χ3v) is 4.47. The van der Waals surface area contributed by atoms with Crippen LogP contribution in [0.3, 0.4) is 0 Å². The van der Waals surface area contributed by atoms with E-state index >= 15 is 0 Å². The van der Waals surface area contributed by atoms with E-state index in [0.29, 0.717) is 5.82 Å². The van der Waals surface area contributed by atoms with Gasteiger partial charge in [0.15, 0.2) is 11.5 Å². The Kier molecular flexibility index (Phi) is 6.02. The second-order valence-electron chi connectivity index (χ2n) is 6.17. The zero-order valence-corrected chi connectivity index (χ0v) is 15.6. The van der Waals surface area contributed by atoms with Crippen LogP contribution in [0.25, 0.3) is 5.65 Å². The molecule has 0 amide bonds. The minimum absolute atomic E-state index is 0.110. The Morgan fingerprint density at radius 1 is 1.22 bits per heavy atom. The van der Waals surface area contributed by atoms with Crippen LogP contribution in [0.5, 0.6) is 0 Å². The number of anilines is 2. The highest BCUT2D eigenvalue weighted by Gasteiger charge is 2.22. The average molecular weight is 371 g/mol. The highest BCUT2D eigenvalue weighted by atomic mass is 16.4. The molecule has 0 unspecified atom stereocenters. The fraction of sp³-hybridized carbons (Fsp3) is 0.444. The number of imidazole rings is 1. The summed E-state index contributed by atoms with van der Waals surface area (Å²) in [6.45, 7) is 5.65. The number of aromatic nitrogens is 5. The first kappa shape index (κ1) is 18.8. The number of carboxylic acids is 1. The summed E-state index contributed by atoms with van der Waals surface area (Å²) in [5.41, 5.74) is 1.62. The molecule has 3 aromatic heterocycles. The maximum atomic E-state index is 10.8. The maximum absolute atomic E-state index is 10.8. The quantitative estimate of drug-likeness (QED) is 0.710. The minimum Gasteiger partial charge on any atom is -0.480 e. The van der Waals surface area contributed by atoms with Crippen LogP contribution in [0.1, 0.15) is 32.7 Å². The number of carboxylic acid groups (broad SMARTS) is 1. The molecule has 4 heterocycles. The molecule has 3 aromatic rings. The van der Waals surface area contributed by atoms with Crippen LogP contribution < -0.4 is 5.32 Å². The lowest BCUT2D eigenvalue weighted by Crippen LogP contribution is -2.38. The van der Waals surface area contributed by atoms with Crippen molar-refractivity contribution in [3.05, 3.63) is 37.2 Å². The first-order valence-electron chi connectivity index (χ1n) is 9.22. The smallest absolute Gasteiger partial charge is 0.317 e. The third kappa shape index (κ3) is 4.43. The summed E-state index contributed by atoms with van der Waals surface area (Å²) in [7, 11) is 0. The molecule has 2 N–H and O–H groups in total. The molecule has 0 bridgehead atoms. The van der Waals surface area contributed by atoms with Crippen molar-refractivity contribution in [2.75, 3.05) is 25.0 Å². The number of aliphatic carboxylic acids is 1. The van der Waals surface area contributed by atoms with E-state index in [2.05, 4.69) is 20.4 Å². The molecule has 4 rings (SSSR count). The Bertz CT molecular complexity index is 881. The van der Waals surface area contributed by atoms with Crippen molar-refractivity contribution in [1.29, 1.82) is 0 Å². The summed E-state index contributed by atoms with van der Waals surface area (Å²) in [4.78, 5) is 21.4. The molecule has 0 radical (unpaired) electrons. The molecule has 0 spiro atoms. The highest BCUT2D eigenvalue weighted by molar-refractivity contribution is 5.69. The fourth-order valence-electron chi connectivity index (χ4n) is 3.21. The lowest BCUT2D eigenvalue weighted by atomic mass is 10.1. The summed E-state index contributed by atoms with van der Waals surface area (Å²) in [6.07, 6.45) is 12.7. The van der Waals surface area contributed by atoms with Gasteiger partial charge in [-0.15, -0.1) is 0 Å². The number of piperidine rings is 1. The Morgan fingerprint density at radius 3 is 2.63 bits per heavy atom. The monoisotopic (exact) mass is 371 g/mol. The Labute approximate surface area is 157 Å². The Balaban J connectivity index is 0.00000102. The Hall–Kier alpha value is -2.94. The van der Waals surface area contributed by atoms with E-state index in [1.807, 2.05) is 46.4 Å². The number of nitrogens with one attached hydrogen (secondary N) is 1. The predicted octanol–water partition coefficient (Wildman–Crippen LogP) is 2.42. The molecule has 0 aromatic carbocycles. The normalized spacial score (nSPS) is 15.3. The van der Waals surface area contributed by atoms with Crippen molar-refractivity contribution in [3.63, 3.8) is 0 Å². The summed E-state index contributed by atoms with van der Waals surface area (Å²) < 4.78 is 3.85. The van der Waals surface area contributed by atoms with Crippen LogP contribution >= 0.6 is 0 Å². The number of carbonyl (C=O) groups is 1. The molecule has 1 aliphatic rings. The minimum atomic E-state index is -0.773. The number of rotatable bonds is 5. The van der Waals surface area contributed by atoms with Crippen molar-refractivity contribution in [3.8, 4) is 0 Å². The summed E-state index contributed by atoms with van der Waals surface area (Å²) >= 11 is 0. The molecule has 9 nitrogen and oxygen atoms in total. The zero-order chi connectivity index (χ0) is 19.2. The van der Waals surface area contributed by atoms with Gasteiger partial charge >= 0.3 is 5.97 Å². The van der Waals surface area contributed by atoms with Crippen LogP contribution in [0.15, 0.2) is 37.2 Å². The average Bonchev–Trinajstić information content (AvgIpc) is 3.33. The van der Waals surface area contributed by atoms with Crippen molar-refractivity contribution >= 4 is 23.1 Å². The van der Waals surface area contributed by atoms with Gasteiger partial charge in [0.1, 0.15) is 0 Å². The van der Waals surface area contributed by atoms with Gasteiger partial charge in [0.25, 0.3) is 0 Å². The number of nitrogens with zero attached hydrogens (tertiary/aromatic N) is 6. The van der Waals surface area contributed by atoms with Gasteiger partial charge in [-0.25, -0.2) is 9.97 Å². The standard InChI is InChI=1S/C16H19N7O2.C2H6/c24-14(25)11-21-5-1-13(2-6-21)23-10-12(9-19-23)20-15-16-18-4-8-22(16)7-3-17-15;1-2/h3-4,7-10,13H,1-2,5-6,11H2,(H,17,20)(H,24,25);1-2H3. The van der Waals surface area contributed by atoms with Crippen molar-refractivity contribution in [1.82, 2.24) is 29.0 Å². The fourth-order valence-corrected chi connectivity index (χ4v) is 3.21. The largest absolute Gasteiger partial charge is 0.480 e. The number of hydrogen-bond acceptors (Lipinski definition) is 6. The highest BCUT2D eigenvalue weighted by Crippen LogP contribution is 2.24. The van der Waals surface area contributed by atoms with Gasteiger partial charge in [0.2, 0.25) is 0 Å². The zero-order valence-electron chi connectivity index (χ0n) is 15.6. The van der Waals surface area contributed by atoms with Gasteiger partial charge < -0.3 is 14.8 Å². The number of likely N-dealkylation sites (tertiary alicyclic amines) is 1. The predicted molar refractivity (Wildman–Crippen MR) is 102 cm³/mol. The van der Waals surface area contributed by atoms with E-state index < -0.39 is 5.97 Å².